The van der Waals surface area contributed by atoms with E-state index in [1.165, 1.54) is 36.9 Å². The van der Waals surface area contributed by atoms with Crippen LogP contribution in [0.1, 0.15) is 27.7 Å². The molecule has 0 N–H and O–H groups in total. The first-order valence-electron chi connectivity index (χ1n) is 6.63. The van der Waals surface area contributed by atoms with Crippen molar-refractivity contribution in [2.45, 2.75) is 39.8 Å². The average molecular weight is 291 g/mol. The molecule has 2 rings (SSSR count). The molecule has 1 heterocycles. The number of carbonyl (C=O) groups excluding carboxylic acids is 2. The summed E-state index contributed by atoms with van der Waals surface area (Å²) in [7, 11) is 0. The third-order valence-corrected chi connectivity index (χ3v) is 3.88. The molecule has 0 saturated heterocycles. The lowest BCUT2D eigenvalue weighted by Gasteiger charge is -2.45. The summed E-state index contributed by atoms with van der Waals surface area (Å²) in [5, 5.41) is 10.9. The number of nitro benzene ring substituents is 1. The van der Waals surface area contributed by atoms with Crippen molar-refractivity contribution in [1.82, 2.24) is 0 Å². The third-order valence-electron chi connectivity index (χ3n) is 3.88. The van der Waals surface area contributed by atoms with E-state index >= 15 is 0 Å². The number of carbonyl (C=O) groups is 2. The molecular formula is C14H17N3O4. The zero-order valence-corrected chi connectivity index (χ0v) is 12.4. The number of hydrogen-bond acceptors (Lipinski definition) is 4. The molecule has 0 saturated carbocycles. The van der Waals surface area contributed by atoms with Crippen molar-refractivity contribution in [2.75, 3.05) is 9.80 Å². The van der Waals surface area contributed by atoms with Gasteiger partial charge in [-0.15, -0.1) is 0 Å². The van der Waals surface area contributed by atoms with Gasteiger partial charge >= 0.3 is 0 Å². The van der Waals surface area contributed by atoms with Crippen molar-refractivity contribution in [2.24, 2.45) is 0 Å². The standard InChI is InChI=1S/C14H17N3O4/c1-8-9(2)16(11(4)19)14-7-12(17(20)21)5-6-13(14)15(8)10(3)18/h5-9H,1-4H3/t8-,9-/m0/s1. The Bertz CT molecular complexity index is 629. The first-order chi connectivity index (χ1) is 9.75. The number of hydrogen-bond donors (Lipinski definition) is 0. The molecule has 0 fully saturated rings. The van der Waals surface area contributed by atoms with E-state index in [4.69, 9.17) is 0 Å². The SMILES string of the molecule is CC(=O)N1c2ccc([N+](=O)[O-])cc2N(C(C)=O)[C@@H](C)[C@@H]1C. The molecule has 7 nitrogen and oxygen atoms in total. The Morgan fingerprint density at radius 3 is 1.95 bits per heavy atom. The molecule has 1 aliphatic rings. The van der Waals surface area contributed by atoms with Gasteiger partial charge in [-0.25, -0.2) is 0 Å². The zero-order valence-electron chi connectivity index (χ0n) is 12.4. The number of anilines is 2. The molecule has 0 spiro atoms. The van der Waals surface area contributed by atoms with E-state index in [2.05, 4.69) is 0 Å². The normalized spacial score (nSPS) is 21.0. The van der Waals surface area contributed by atoms with Gasteiger partial charge in [-0.1, -0.05) is 0 Å². The Hall–Kier alpha value is -2.44. The van der Waals surface area contributed by atoms with Crippen LogP contribution in [-0.2, 0) is 9.59 Å². The van der Waals surface area contributed by atoms with Gasteiger partial charge in [0.1, 0.15) is 0 Å². The molecule has 1 aliphatic heterocycles. The Balaban J connectivity index is 2.70. The summed E-state index contributed by atoms with van der Waals surface area (Å²) < 4.78 is 0. The minimum Gasteiger partial charge on any atom is -0.306 e. The lowest BCUT2D eigenvalue weighted by molar-refractivity contribution is -0.384. The van der Waals surface area contributed by atoms with Crippen LogP contribution in [0, 0.1) is 10.1 Å². The van der Waals surface area contributed by atoms with Crippen molar-refractivity contribution in [3.05, 3.63) is 28.3 Å². The minimum atomic E-state index is -0.514. The van der Waals surface area contributed by atoms with Crippen molar-refractivity contribution >= 4 is 28.9 Å². The number of rotatable bonds is 1. The minimum absolute atomic E-state index is 0.106. The van der Waals surface area contributed by atoms with Crippen LogP contribution in [-0.4, -0.2) is 28.8 Å². The molecule has 7 heteroatoms. The van der Waals surface area contributed by atoms with E-state index in [1.807, 2.05) is 13.8 Å². The Labute approximate surface area is 122 Å². The van der Waals surface area contributed by atoms with E-state index < -0.39 is 4.92 Å². The van der Waals surface area contributed by atoms with Gasteiger partial charge in [0.15, 0.2) is 0 Å². The second-order valence-electron chi connectivity index (χ2n) is 5.19. The van der Waals surface area contributed by atoms with E-state index in [0.29, 0.717) is 11.4 Å². The summed E-state index contributed by atoms with van der Waals surface area (Å²) in [6.07, 6.45) is 0. The summed E-state index contributed by atoms with van der Waals surface area (Å²) in [4.78, 5) is 37.3. The van der Waals surface area contributed by atoms with Crippen molar-refractivity contribution in [3.8, 4) is 0 Å². The highest BCUT2D eigenvalue weighted by Gasteiger charge is 2.38. The predicted octanol–water partition coefficient (Wildman–Crippen LogP) is 2.09. The maximum Gasteiger partial charge on any atom is 0.271 e. The number of fused-ring (bicyclic) bond motifs is 1. The fourth-order valence-corrected chi connectivity index (χ4v) is 2.81. The molecule has 2 atom stereocenters. The molecule has 0 radical (unpaired) electrons. The van der Waals surface area contributed by atoms with Crippen LogP contribution in [0.3, 0.4) is 0 Å². The number of nitro groups is 1. The van der Waals surface area contributed by atoms with Crippen molar-refractivity contribution in [1.29, 1.82) is 0 Å². The van der Waals surface area contributed by atoms with Gasteiger partial charge in [0.2, 0.25) is 11.8 Å². The van der Waals surface area contributed by atoms with E-state index in [9.17, 15) is 19.7 Å². The predicted molar refractivity (Wildman–Crippen MR) is 78.3 cm³/mol. The smallest absolute Gasteiger partial charge is 0.271 e. The quantitative estimate of drug-likeness (QED) is 0.586. The lowest BCUT2D eigenvalue weighted by atomic mass is 10.00. The topological polar surface area (TPSA) is 83.8 Å². The molecule has 0 bridgehead atoms. The zero-order chi connectivity index (χ0) is 15.9. The molecular weight excluding hydrogens is 274 g/mol. The van der Waals surface area contributed by atoms with Crippen LogP contribution in [0.15, 0.2) is 18.2 Å². The number of nitrogens with zero attached hydrogens (tertiary/aromatic N) is 3. The van der Waals surface area contributed by atoms with Gasteiger partial charge in [-0.3, -0.25) is 19.7 Å². The lowest BCUT2D eigenvalue weighted by Crippen LogP contribution is -2.56. The van der Waals surface area contributed by atoms with Gasteiger partial charge in [-0.05, 0) is 19.9 Å². The van der Waals surface area contributed by atoms with Crippen LogP contribution in [0.5, 0.6) is 0 Å². The molecule has 2 amide bonds. The molecule has 112 valence electrons. The molecule has 0 unspecified atom stereocenters. The monoisotopic (exact) mass is 291 g/mol. The average Bonchev–Trinajstić information content (AvgIpc) is 2.38. The van der Waals surface area contributed by atoms with Crippen LogP contribution in [0.25, 0.3) is 0 Å². The fraction of sp³-hybridized carbons (Fsp3) is 0.429. The Morgan fingerprint density at radius 2 is 1.52 bits per heavy atom. The number of amides is 2. The fourth-order valence-electron chi connectivity index (χ4n) is 2.81. The first kappa shape index (κ1) is 15.0. The summed E-state index contributed by atoms with van der Waals surface area (Å²) in [6, 6.07) is 3.74. The number of non-ortho nitro benzene ring substituents is 1. The highest BCUT2D eigenvalue weighted by molar-refractivity contribution is 6.04. The van der Waals surface area contributed by atoms with Crippen LogP contribution in [0.4, 0.5) is 17.1 Å². The van der Waals surface area contributed by atoms with Gasteiger partial charge in [0, 0.05) is 26.0 Å². The van der Waals surface area contributed by atoms with E-state index in [0.717, 1.165) is 0 Å². The molecule has 0 aliphatic carbocycles. The number of benzene rings is 1. The largest absolute Gasteiger partial charge is 0.306 e. The van der Waals surface area contributed by atoms with Gasteiger partial charge < -0.3 is 9.80 Å². The summed E-state index contributed by atoms with van der Waals surface area (Å²) in [5.41, 5.74) is 0.816. The summed E-state index contributed by atoms with van der Waals surface area (Å²) in [6.45, 7) is 6.53. The van der Waals surface area contributed by atoms with Crippen LogP contribution < -0.4 is 9.80 Å². The molecule has 1 aromatic rings. The van der Waals surface area contributed by atoms with Crippen molar-refractivity contribution < 1.29 is 14.5 Å². The first-order valence-corrected chi connectivity index (χ1v) is 6.63. The molecule has 0 aromatic heterocycles. The Morgan fingerprint density at radius 1 is 1.05 bits per heavy atom. The van der Waals surface area contributed by atoms with E-state index in [-0.39, 0.29) is 29.6 Å². The Kier molecular flexibility index (Phi) is 3.67. The maximum atomic E-state index is 11.9. The van der Waals surface area contributed by atoms with Crippen LogP contribution >= 0.6 is 0 Å². The molecule has 21 heavy (non-hydrogen) atoms. The molecule has 1 aromatic carbocycles. The maximum absolute atomic E-state index is 11.9. The summed E-state index contributed by atoms with van der Waals surface area (Å²) in [5.74, 6) is -0.369. The highest BCUT2D eigenvalue weighted by atomic mass is 16.6. The second-order valence-corrected chi connectivity index (χ2v) is 5.19. The van der Waals surface area contributed by atoms with E-state index in [1.54, 1.807) is 4.90 Å². The van der Waals surface area contributed by atoms with Gasteiger partial charge in [0.05, 0.1) is 28.4 Å². The van der Waals surface area contributed by atoms with Gasteiger partial charge in [-0.2, -0.15) is 0 Å². The van der Waals surface area contributed by atoms with Crippen molar-refractivity contribution in [3.63, 3.8) is 0 Å². The highest BCUT2D eigenvalue weighted by Crippen LogP contribution is 2.40. The summed E-state index contributed by atoms with van der Waals surface area (Å²) >= 11 is 0. The third kappa shape index (κ3) is 2.35. The van der Waals surface area contributed by atoms with Crippen LogP contribution in [0.2, 0.25) is 0 Å². The second kappa shape index (κ2) is 5.16. The van der Waals surface area contributed by atoms with Gasteiger partial charge in [0.25, 0.3) is 5.69 Å².